The highest BCUT2D eigenvalue weighted by Crippen LogP contribution is 2.21. The number of esters is 1. The highest BCUT2D eigenvalue weighted by Gasteiger charge is 2.29. The molecule has 1 aromatic rings. The first-order valence-electron chi connectivity index (χ1n) is 6.90. The fraction of sp³-hybridized carbons (Fsp3) is 0.333. The van der Waals surface area contributed by atoms with Crippen molar-refractivity contribution in [1.29, 1.82) is 0 Å². The van der Waals surface area contributed by atoms with Gasteiger partial charge in [-0.05, 0) is 29.3 Å². The van der Waals surface area contributed by atoms with Crippen molar-refractivity contribution in [2.75, 3.05) is 0 Å². The Morgan fingerprint density at radius 3 is 2.42 bits per heavy atom. The zero-order valence-corrected chi connectivity index (χ0v) is 14.6. The third-order valence-corrected chi connectivity index (χ3v) is 3.52. The van der Waals surface area contributed by atoms with Gasteiger partial charge in [0.2, 0.25) is 0 Å². The van der Waals surface area contributed by atoms with Gasteiger partial charge in [0.15, 0.2) is 5.76 Å². The van der Waals surface area contributed by atoms with Crippen LogP contribution in [-0.2, 0) is 20.6 Å². The molecule has 0 heterocycles. The largest absolute Gasteiger partial charge is 0.535 e. The summed E-state index contributed by atoms with van der Waals surface area (Å²) in [6.45, 7) is 9.26. The summed E-state index contributed by atoms with van der Waals surface area (Å²) in [7, 11) is 0.0182. The molecular formula is C15H17N3O5Si. The van der Waals surface area contributed by atoms with Crippen LogP contribution in [0.15, 0.2) is 36.6 Å². The predicted octanol–water partition coefficient (Wildman–Crippen LogP) is 2.68. The van der Waals surface area contributed by atoms with Gasteiger partial charge in [-0.1, -0.05) is 20.8 Å². The summed E-state index contributed by atoms with van der Waals surface area (Å²) in [6.07, 6.45) is 0. The first-order chi connectivity index (χ1) is 11.1. The number of benzene rings is 1. The number of hydrogen-bond donors (Lipinski definition) is 0. The second kappa shape index (κ2) is 8.18. The van der Waals surface area contributed by atoms with Gasteiger partial charge < -0.3 is 14.7 Å². The van der Waals surface area contributed by atoms with Crippen molar-refractivity contribution in [1.82, 2.24) is 0 Å². The van der Waals surface area contributed by atoms with E-state index in [0.29, 0.717) is 5.56 Å². The maximum atomic E-state index is 11.9. The Morgan fingerprint density at radius 1 is 1.38 bits per heavy atom. The van der Waals surface area contributed by atoms with Gasteiger partial charge in [0, 0.05) is 12.1 Å². The lowest BCUT2D eigenvalue weighted by Gasteiger charge is -2.15. The van der Waals surface area contributed by atoms with E-state index in [1.54, 1.807) is 0 Å². The van der Waals surface area contributed by atoms with Crippen LogP contribution in [0.4, 0.5) is 5.69 Å². The number of hydrogen-bond acceptors (Lipinski definition) is 5. The van der Waals surface area contributed by atoms with Crippen molar-refractivity contribution in [2.45, 2.75) is 32.4 Å². The SMILES string of the molecule is C=C(O[Si]C(C)(C)C)C(=[N+]=[N-])C(=O)OCc1ccc([N+](=O)[O-])cc1. The first-order valence-corrected chi connectivity index (χ1v) is 7.80. The molecule has 0 aliphatic carbocycles. The smallest absolute Gasteiger partial charge is 0.438 e. The van der Waals surface area contributed by atoms with Crippen molar-refractivity contribution in [3.05, 3.63) is 57.8 Å². The van der Waals surface area contributed by atoms with Crippen LogP contribution in [0.2, 0.25) is 5.04 Å². The molecule has 0 atom stereocenters. The lowest BCUT2D eigenvalue weighted by Crippen LogP contribution is -2.24. The number of carbonyl (C=O) groups is 1. The second-order valence-corrected chi connectivity index (χ2v) is 7.73. The molecule has 0 spiro atoms. The molecule has 1 rings (SSSR count). The van der Waals surface area contributed by atoms with Crippen LogP contribution in [0, 0.1) is 10.1 Å². The van der Waals surface area contributed by atoms with Gasteiger partial charge in [-0.3, -0.25) is 10.1 Å². The Bertz CT molecular complexity index is 688. The third-order valence-electron chi connectivity index (χ3n) is 2.55. The Kier molecular flexibility index (Phi) is 6.57. The molecular weight excluding hydrogens is 330 g/mol. The molecule has 0 fully saturated rings. The van der Waals surface area contributed by atoms with Crippen molar-refractivity contribution in [3.8, 4) is 0 Å². The van der Waals surface area contributed by atoms with E-state index in [2.05, 4.69) is 11.4 Å². The molecule has 126 valence electrons. The maximum absolute atomic E-state index is 11.9. The number of ether oxygens (including phenoxy) is 1. The van der Waals surface area contributed by atoms with E-state index < -0.39 is 16.6 Å². The van der Waals surface area contributed by atoms with Crippen LogP contribution in [0.5, 0.6) is 0 Å². The van der Waals surface area contributed by atoms with Gasteiger partial charge >= 0.3 is 21.4 Å². The molecule has 1 aromatic carbocycles. The number of non-ortho nitro benzene ring substituents is 1. The fourth-order valence-electron chi connectivity index (χ4n) is 1.40. The van der Waals surface area contributed by atoms with Crippen LogP contribution in [0.25, 0.3) is 5.53 Å². The molecule has 2 radical (unpaired) electrons. The maximum Gasteiger partial charge on any atom is 0.438 e. The van der Waals surface area contributed by atoms with E-state index in [0.717, 1.165) is 0 Å². The molecule has 0 amide bonds. The predicted molar refractivity (Wildman–Crippen MR) is 87.2 cm³/mol. The topological polar surface area (TPSA) is 115 Å². The summed E-state index contributed by atoms with van der Waals surface area (Å²) in [6, 6.07) is 5.54. The van der Waals surface area contributed by atoms with Crippen LogP contribution in [0.3, 0.4) is 0 Å². The van der Waals surface area contributed by atoms with Crippen LogP contribution >= 0.6 is 0 Å². The minimum absolute atomic E-state index is 0.0182. The standard InChI is InChI=1S/C15H17N3O5Si/c1-10(23-24-15(2,3)4)13(17-16)14(19)22-9-11-5-7-12(8-6-11)18(20)21/h5-8H,1,9H2,2-4H3. The minimum atomic E-state index is -0.903. The van der Waals surface area contributed by atoms with E-state index in [1.807, 2.05) is 20.8 Å². The Hall–Kier alpha value is -2.77. The summed E-state index contributed by atoms with van der Waals surface area (Å²) < 4.78 is 10.3. The van der Waals surface area contributed by atoms with Gasteiger partial charge in [0.25, 0.3) is 5.69 Å². The lowest BCUT2D eigenvalue weighted by atomic mass is 10.2. The van der Waals surface area contributed by atoms with E-state index in [9.17, 15) is 14.9 Å². The monoisotopic (exact) mass is 347 g/mol. The van der Waals surface area contributed by atoms with E-state index in [4.69, 9.17) is 14.7 Å². The van der Waals surface area contributed by atoms with Crippen molar-refractivity contribution in [3.63, 3.8) is 0 Å². The van der Waals surface area contributed by atoms with Crippen LogP contribution in [0.1, 0.15) is 26.3 Å². The van der Waals surface area contributed by atoms with Gasteiger partial charge in [0.1, 0.15) is 6.61 Å². The van der Waals surface area contributed by atoms with Gasteiger partial charge in [0.05, 0.1) is 4.92 Å². The number of nitro benzene ring substituents is 1. The molecule has 0 N–H and O–H groups in total. The second-order valence-electron chi connectivity index (χ2n) is 5.83. The normalized spacial score (nSPS) is 10.5. The minimum Gasteiger partial charge on any atom is -0.535 e. The summed E-state index contributed by atoms with van der Waals surface area (Å²) in [4.78, 5) is 24.8. The summed E-state index contributed by atoms with van der Waals surface area (Å²) in [5.41, 5.74) is 9.03. The zero-order valence-electron chi connectivity index (χ0n) is 13.6. The Labute approximate surface area is 141 Å². The quantitative estimate of drug-likeness (QED) is 0.110. The Morgan fingerprint density at radius 2 is 1.96 bits per heavy atom. The molecule has 0 saturated carbocycles. The lowest BCUT2D eigenvalue weighted by molar-refractivity contribution is -0.384. The first kappa shape index (κ1) is 19.3. The van der Waals surface area contributed by atoms with E-state index in [1.165, 1.54) is 24.3 Å². The average molecular weight is 347 g/mol. The zero-order chi connectivity index (χ0) is 18.3. The molecule has 0 aliphatic rings. The highest BCUT2D eigenvalue weighted by molar-refractivity contribution is 6.42. The molecule has 0 unspecified atom stereocenters. The number of carbonyl (C=O) groups excluding carboxylic acids is 1. The number of nitrogens with zero attached hydrogens (tertiary/aromatic N) is 3. The van der Waals surface area contributed by atoms with Gasteiger partial charge in [-0.15, -0.1) is 0 Å². The van der Waals surface area contributed by atoms with Gasteiger partial charge in [-0.2, -0.15) is 4.79 Å². The molecule has 0 saturated heterocycles. The summed E-state index contributed by atoms with van der Waals surface area (Å²) in [5.74, 6) is -0.987. The molecule has 8 nitrogen and oxygen atoms in total. The van der Waals surface area contributed by atoms with Crippen molar-refractivity contribution in [2.24, 2.45) is 0 Å². The number of nitro groups is 1. The third kappa shape index (κ3) is 6.15. The molecule has 0 aromatic heterocycles. The molecule has 0 aliphatic heterocycles. The molecule has 24 heavy (non-hydrogen) atoms. The molecule has 0 bridgehead atoms. The van der Waals surface area contributed by atoms with Crippen molar-refractivity contribution >= 4 is 27.1 Å². The summed E-state index contributed by atoms with van der Waals surface area (Å²) >= 11 is 0. The average Bonchev–Trinajstić information content (AvgIpc) is 2.51. The van der Waals surface area contributed by atoms with Crippen LogP contribution < -0.4 is 0 Å². The van der Waals surface area contributed by atoms with E-state index >= 15 is 0 Å². The molecule has 9 heteroatoms. The summed E-state index contributed by atoms with van der Waals surface area (Å²) in [5, 5.41) is 10.4. The van der Waals surface area contributed by atoms with Crippen molar-refractivity contribution < 1.29 is 23.7 Å². The van der Waals surface area contributed by atoms with Crippen LogP contribution in [-0.4, -0.2) is 31.2 Å². The highest BCUT2D eigenvalue weighted by atomic mass is 28.2. The number of rotatable bonds is 7. The van der Waals surface area contributed by atoms with E-state index in [-0.39, 0.29) is 32.9 Å². The fourth-order valence-corrected chi connectivity index (χ4v) is 1.93. The Balaban J connectivity index is 2.63. The van der Waals surface area contributed by atoms with Gasteiger partial charge in [-0.25, -0.2) is 4.79 Å².